The molecule has 0 atom stereocenters. The van der Waals surface area contributed by atoms with E-state index in [1.807, 2.05) is 0 Å². The van der Waals surface area contributed by atoms with Crippen LogP contribution in [0.5, 0.6) is 5.75 Å². The molecule has 0 aliphatic heterocycles. The lowest BCUT2D eigenvalue weighted by Gasteiger charge is -2.01. The summed E-state index contributed by atoms with van der Waals surface area (Å²) in [5.74, 6) is -0.272. The van der Waals surface area contributed by atoms with E-state index in [9.17, 15) is 9.90 Å². The van der Waals surface area contributed by atoms with Gasteiger partial charge in [-0.05, 0) is 12.1 Å². The number of carbonyl (C=O) groups excluding carboxylic acids is 1. The van der Waals surface area contributed by atoms with Gasteiger partial charge in [-0.25, -0.2) is 14.6 Å². The lowest BCUT2D eigenvalue weighted by atomic mass is 10.2. The summed E-state index contributed by atoms with van der Waals surface area (Å²) in [5, 5.41) is 17.4. The Morgan fingerprint density at radius 2 is 1.90 bits per heavy atom. The van der Waals surface area contributed by atoms with Crippen LogP contribution in [-0.2, 0) is 0 Å². The molecule has 3 rings (SSSR count). The maximum absolute atomic E-state index is 12.1. The van der Waals surface area contributed by atoms with Gasteiger partial charge in [-0.3, -0.25) is 4.79 Å². The molecule has 1 N–H and O–H groups in total. The number of phenols is 1. The number of aromatic hydroxyl groups is 1. The van der Waals surface area contributed by atoms with Crippen LogP contribution in [0, 0.1) is 0 Å². The number of carbonyl (C=O) groups is 1. The van der Waals surface area contributed by atoms with E-state index in [-0.39, 0.29) is 17.2 Å². The molecule has 0 bridgehead atoms. The van der Waals surface area contributed by atoms with Crippen molar-refractivity contribution in [3.8, 4) is 11.4 Å². The fraction of sp³-hybridized carbons (Fsp3) is 0. The molecule has 98 valence electrons. The average molecular weight is 267 g/mol. The minimum Gasteiger partial charge on any atom is -0.506 e. The molecular weight excluding hydrogens is 258 g/mol. The molecule has 0 saturated heterocycles. The number of aromatic nitrogens is 5. The van der Waals surface area contributed by atoms with E-state index in [1.165, 1.54) is 35.7 Å². The summed E-state index contributed by atoms with van der Waals surface area (Å²) in [7, 11) is 0. The van der Waals surface area contributed by atoms with Gasteiger partial charge in [-0.2, -0.15) is 0 Å². The van der Waals surface area contributed by atoms with Gasteiger partial charge in [0.2, 0.25) is 5.78 Å². The number of ketones is 1. The SMILES string of the molecule is O=C(c1cncnc1)c1cn(-c2ccccc2O)nn1. The van der Waals surface area contributed by atoms with Crippen LogP contribution in [0.1, 0.15) is 16.1 Å². The summed E-state index contributed by atoms with van der Waals surface area (Å²) in [6.45, 7) is 0. The Morgan fingerprint density at radius 1 is 1.15 bits per heavy atom. The van der Waals surface area contributed by atoms with Gasteiger partial charge in [0.15, 0.2) is 5.69 Å². The number of nitrogens with zero attached hydrogens (tertiary/aromatic N) is 5. The predicted molar refractivity (Wildman–Crippen MR) is 68.5 cm³/mol. The van der Waals surface area contributed by atoms with Crippen LogP contribution in [0.3, 0.4) is 0 Å². The fourth-order valence-corrected chi connectivity index (χ4v) is 1.71. The third-order valence-electron chi connectivity index (χ3n) is 2.68. The van der Waals surface area contributed by atoms with Crippen molar-refractivity contribution in [1.82, 2.24) is 25.0 Å². The van der Waals surface area contributed by atoms with Crippen molar-refractivity contribution < 1.29 is 9.90 Å². The molecule has 7 heteroatoms. The van der Waals surface area contributed by atoms with Gasteiger partial charge in [-0.15, -0.1) is 5.10 Å². The molecule has 0 amide bonds. The highest BCUT2D eigenvalue weighted by molar-refractivity contribution is 6.07. The molecule has 3 aromatic rings. The number of para-hydroxylation sites is 2. The molecule has 0 unspecified atom stereocenters. The first-order chi connectivity index (χ1) is 9.75. The molecule has 1 aromatic carbocycles. The first-order valence-corrected chi connectivity index (χ1v) is 5.76. The highest BCUT2D eigenvalue weighted by Crippen LogP contribution is 2.19. The Labute approximate surface area is 113 Å². The lowest BCUT2D eigenvalue weighted by Crippen LogP contribution is -2.02. The van der Waals surface area contributed by atoms with Crippen LogP contribution < -0.4 is 0 Å². The van der Waals surface area contributed by atoms with E-state index in [2.05, 4.69) is 20.3 Å². The van der Waals surface area contributed by atoms with Gasteiger partial charge in [0, 0.05) is 12.4 Å². The van der Waals surface area contributed by atoms with Crippen LogP contribution in [0.4, 0.5) is 0 Å². The molecule has 0 radical (unpaired) electrons. The van der Waals surface area contributed by atoms with Crippen molar-refractivity contribution in [1.29, 1.82) is 0 Å². The fourth-order valence-electron chi connectivity index (χ4n) is 1.71. The third-order valence-corrected chi connectivity index (χ3v) is 2.68. The molecule has 0 spiro atoms. The molecule has 0 aliphatic rings. The van der Waals surface area contributed by atoms with Gasteiger partial charge < -0.3 is 5.11 Å². The summed E-state index contributed by atoms with van der Waals surface area (Å²) in [6, 6.07) is 6.65. The molecule has 7 nitrogen and oxygen atoms in total. The monoisotopic (exact) mass is 267 g/mol. The molecule has 2 heterocycles. The molecular formula is C13H9N5O2. The quantitative estimate of drug-likeness (QED) is 0.711. The normalized spacial score (nSPS) is 10.4. The van der Waals surface area contributed by atoms with E-state index >= 15 is 0 Å². The summed E-state index contributed by atoms with van der Waals surface area (Å²) in [4.78, 5) is 19.7. The zero-order valence-corrected chi connectivity index (χ0v) is 10.2. The van der Waals surface area contributed by atoms with Crippen LogP contribution >= 0.6 is 0 Å². The Kier molecular flexibility index (Phi) is 2.92. The van der Waals surface area contributed by atoms with E-state index in [0.717, 1.165) is 0 Å². The van der Waals surface area contributed by atoms with Gasteiger partial charge in [0.05, 0.1) is 11.8 Å². The van der Waals surface area contributed by atoms with Crippen molar-refractivity contribution in [2.45, 2.75) is 0 Å². The minimum absolute atomic E-state index is 0.0550. The van der Waals surface area contributed by atoms with Crippen molar-refractivity contribution in [2.24, 2.45) is 0 Å². The highest BCUT2D eigenvalue weighted by atomic mass is 16.3. The minimum atomic E-state index is -0.327. The number of phenolic OH excluding ortho intramolecular Hbond substituents is 1. The standard InChI is InChI=1S/C13H9N5O2/c19-12-4-2-1-3-11(12)18-7-10(16-17-18)13(20)9-5-14-8-15-6-9/h1-8,19H. The Hall–Kier alpha value is -3.09. The van der Waals surface area contributed by atoms with E-state index in [0.29, 0.717) is 11.3 Å². The van der Waals surface area contributed by atoms with Crippen LogP contribution in [-0.4, -0.2) is 35.9 Å². The third kappa shape index (κ3) is 2.12. The summed E-state index contributed by atoms with van der Waals surface area (Å²) in [5.41, 5.74) is 0.934. The molecule has 2 aromatic heterocycles. The lowest BCUT2D eigenvalue weighted by molar-refractivity contribution is 0.103. The Bertz CT molecular complexity index is 754. The topological polar surface area (TPSA) is 93.8 Å². The van der Waals surface area contributed by atoms with Crippen molar-refractivity contribution in [3.63, 3.8) is 0 Å². The number of benzene rings is 1. The van der Waals surface area contributed by atoms with Gasteiger partial charge in [0.1, 0.15) is 17.8 Å². The Balaban J connectivity index is 1.95. The zero-order valence-electron chi connectivity index (χ0n) is 10.2. The number of rotatable bonds is 3. The first-order valence-electron chi connectivity index (χ1n) is 5.76. The second-order valence-electron chi connectivity index (χ2n) is 3.99. The van der Waals surface area contributed by atoms with Crippen LogP contribution in [0.15, 0.2) is 49.2 Å². The van der Waals surface area contributed by atoms with E-state index in [4.69, 9.17) is 0 Å². The van der Waals surface area contributed by atoms with Crippen molar-refractivity contribution in [3.05, 3.63) is 60.4 Å². The van der Waals surface area contributed by atoms with E-state index < -0.39 is 0 Å². The van der Waals surface area contributed by atoms with Crippen LogP contribution in [0.25, 0.3) is 5.69 Å². The van der Waals surface area contributed by atoms with Gasteiger partial charge >= 0.3 is 0 Å². The number of hydrogen-bond donors (Lipinski definition) is 1. The molecule has 20 heavy (non-hydrogen) atoms. The summed E-state index contributed by atoms with van der Waals surface area (Å²) >= 11 is 0. The average Bonchev–Trinajstić information content (AvgIpc) is 2.97. The van der Waals surface area contributed by atoms with Crippen molar-refractivity contribution in [2.75, 3.05) is 0 Å². The summed E-state index contributed by atoms with van der Waals surface area (Å²) in [6.07, 6.45) is 5.61. The van der Waals surface area contributed by atoms with Gasteiger partial charge in [0.25, 0.3) is 0 Å². The van der Waals surface area contributed by atoms with Gasteiger partial charge in [-0.1, -0.05) is 17.3 Å². The molecule has 0 fully saturated rings. The van der Waals surface area contributed by atoms with E-state index in [1.54, 1.807) is 18.2 Å². The Morgan fingerprint density at radius 3 is 2.65 bits per heavy atom. The second kappa shape index (κ2) is 4.88. The van der Waals surface area contributed by atoms with Crippen molar-refractivity contribution >= 4 is 5.78 Å². The molecule has 0 saturated carbocycles. The van der Waals surface area contributed by atoms with Crippen LogP contribution in [0.2, 0.25) is 0 Å². The highest BCUT2D eigenvalue weighted by Gasteiger charge is 2.15. The second-order valence-corrected chi connectivity index (χ2v) is 3.99. The smallest absolute Gasteiger partial charge is 0.218 e. The number of hydrogen-bond acceptors (Lipinski definition) is 6. The largest absolute Gasteiger partial charge is 0.506 e. The summed E-state index contributed by atoms with van der Waals surface area (Å²) < 4.78 is 1.34. The predicted octanol–water partition coefficient (Wildman–Crippen LogP) is 0.994. The maximum atomic E-state index is 12.1. The first kappa shape index (κ1) is 12.0. The zero-order chi connectivity index (χ0) is 13.9. The maximum Gasteiger partial charge on any atom is 0.218 e. The molecule has 0 aliphatic carbocycles.